The van der Waals surface area contributed by atoms with Crippen LogP contribution in [0.1, 0.15) is 12.0 Å². The number of hydrogen-bond acceptors (Lipinski definition) is 4. The molecule has 4 atom stereocenters. The molecule has 0 N–H and O–H groups in total. The predicted octanol–water partition coefficient (Wildman–Crippen LogP) is 1.61. The van der Waals surface area contributed by atoms with Crippen molar-refractivity contribution in [3.05, 3.63) is 48.0 Å². The van der Waals surface area contributed by atoms with Crippen LogP contribution < -0.4 is 0 Å². The van der Waals surface area contributed by atoms with Gasteiger partial charge in [-0.3, -0.25) is 19.4 Å². The lowest BCUT2D eigenvalue weighted by atomic mass is 9.80. The van der Waals surface area contributed by atoms with Gasteiger partial charge in [-0.15, -0.1) is 0 Å². The molecule has 6 heteroatoms. The van der Waals surface area contributed by atoms with E-state index in [9.17, 15) is 14.4 Å². The van der Waals surface area contributed by atoms with Crippen molar-refractivity contribution in [1.29, 1.82) is 0 Å². The molecule has 25 heavy (non-hydrogen) atoms. The number of allylic oxidation sites excluding steroid dienone is 1. The summed E-state index contributed by atoms with van der Waals surface area (Å²) >= 11 is 0. The molecule has 3 aliphatic rings. The van der Waals surface area contributed by atoms with Crippen LogP contribution in [0.25, 0.3) is 0 Å². The molecule has 3 amide bonds. The van der Waals surface area contributed by atoms with E-state index in [1.165, 1.54) is 11.9 Å². The molecule has 1 aromatic rings. The van der Waals surface area contributed by atoms with Gasteiger partial charge < -0.3 is 4.74 Å². The summed E-state index contributed by atoms with van der Waals surface area (Å²) in [5.41, 5.74) is 1.11. The third kappa shape index (κ3) is 2.52. The van der Waals surface area contributed by atoms with Gasteiger partial charge in [0.05, 0.1) is 23.9 Å². The zero-order valence-electron chi connectivity index (χ0n) is 14.0. The molecule has 4 rings (SSSR count). The fourth-order valence-corrected chi connectivity index (χ4v) is 4.17. The Balaban J connectivity index is 1.63. The second-order valence-electron chi connectivity index (χ2n) is 6.85. The zero-order chi connectivity index (χ0) is 17.6. The van der Waals surface area contributed by atoms with Gasteiger partial charge in [0.25, 0.3) is 0 Å². The smallest absolute Gasteiger partial charge is 0.410 e. The molecule has 0 unspecified atom stereocenters. The molecule has 130 valence electrons. The molecule has 0 bridgehead atoms. The van der Waals surface area contributed by atoms with E-state index in [4.69, 9.17) is 4.74 Å². The number of imide groups is 1. The Kier molecular flexibility index (Phi) is 3.82. The topological polar surface area (TPSA) is 66.9 Å². The zero-order valence-corrected chi connectivity index (χ0v) is 14.0. The molecule has 1 aliphatic carbocycles. The van der Waals surface area contributed by atoms with Crippen molar-refractivity contribution in [1.82, 2.24) is 9.80 Å². The van der Waals surface area contributed by atoms with Gasteiger partial charge in [0.2, 0.25) is 11.8 Å². The number of carbonyl (C=O) groups excluding carboxylic acids is 3. The van der Waals surface area contributed by atoms with Crippen LogP contribution in [-0.2, 0) is 20.7 Å². The van der Waals surface area contributed by atoms with Gasteiger partial charge in [0.1, 0.15) is 6.61 Å². The van der Waals surface area contributed by atoms with Crippen molar-refractivity contribution in [3.63, 3.8) is 0 Å². The lowest BCUT2D eigenvalue weighted by molar-refractivity contribution is -0.138. The van der Waals surface area contributed by atoms with Gasteiger partial charge >= 0.3 is 6.09 Å². The van der Waals surface area contributed by atoms with Crippen LogP contribution in [-0.4, -0.2) is 53.4 Å². The number of amides is 3. The van der Waals surface area contributed by atoms with Gasteiger partial charge in [0, 0.05) is 7.05 Å². The highest BCUT2D eigenvalue weighted by Gasteiger charge is 2.54. The highest BCUT2D eigenvalue weighted by molar-refractivity contribution is 6.05. The minimum atomic E-state index is -0.508. The van der Waals surface area contributed by atoms with Gasteiger partial charge in [-0.05, 0) is 18.4 Å². The quantitative estimate of drug-likeness (QED) is 0.619. The third-order valence-electron chi connectivity index (χ3n) is 5.43. The van der Waals surface area contributed by atoms with Crippen molar-refractivity contribution in [2.24, 2.45) is 11.8 Å². The normalized spacial score (nSPS) is 31.5. The number of cyclic esters (lactones) is 1. The fourth-order valence-electron chi connectivity index (χ4n) is 4.17. The molecule has 0 aromatic heterocycles. The number of nitrogens with zero attached hydrogens (tertiary/aromatic N) is 2. The summed E-state index contributed by atoms with van der Waals surface area (Å²) in [5, 5.41) is 0. The predicted molar refractivity (Wildman–Crippen MR) is 89.4 cm³/mol. The molecule has 2 heterocycles. The van der Waals surface area contributed by atoms with Gasteiger partial charge in [-0.1, -0.05) is 42.5 Å². The van der Waals surface area contributed by atoms with E-state index in [2.05, 4.69) is 0 Å². The summed E-state index contributed by atoms with van der Waals surface area (Å²) < 4.78 is 5.28. The SMILES string of the molecule is CN1C(=O)[C@H]2[C@H](CC=C[C@H]2N2C(=O)OC[C@H]2Cc2ccccc2)C1=O. The molecule has 2 aliphatic heterocycles. The first-order valence-corrected chi connectivity index (χ1v) is 8.55. The maximum atomic E-state index is 12.6. The van der Waals surface area contributed by atoms with Crippen molar-refractivity contribution >= 4 is 17.9 Å². The van der Waals surface area contributed by atoms with Gasteiger partial charge in [0.15, 0.2) is 0 Å². The number of carbonyl (C=O) groups is 3. The first kappa shape index (κ1) is 15.9. The largest absolute Gasteiger partial charge is 0.447 e. The van der Waals surface area contributed by atoms with E-state index in [0.717, 1.165) is 5.56 Å². The number of ether oxygens (including phenoxy) is 1. The van der Waals surface area contributed by atoms with Crippen LogP contribution in [0, 0.1) is 11.8 Å². The van der Waals surface area contributed by atoms with E-state index < -0.39 is 18.1 Å². The standard InChI is InChI=1S/C19H20N2O4/c1-20-17(22)14-8-5-9-15(16(14)18(20)23)21-13(11-25-19(21)24)10-12-6-3-2-4-7-12/h2-7,9,13-16H,8,10-11H2,1H3/t13-,14+,15-,16+/m1/s1. The number of likely N-dealkylation sites (tertiary alicyclic amines) is 1. The lowest BCUT2D eigenvalue weighted by Crippen LogP contribution is -2.50. The Labute approximate surface area is 146 Å². The molecule has 0 saturated carbocycles. The highest BCUT2D eigenvalue weighted by atomic mass is 16.6. The minimum Gasteiger partial charge on any atom is -0.447 e. The summed E-state index contributed by atoms with van der Waals surface area (Å²) in [6.07, 6.45) is 4.58. The second-order valence-corrected chi connectivity index (χ2v) is 6.85. The molecule has 2 fully saturated rings. The van der Waals surface area contributed by atoms with Crippen LogP contribution in [0.3, 0.4) is 0 Å². The number of hydrogen-bond donors (Lipinski definition) is 0. The molecular formula is C19H20N2O4. The van der Waals surface area contributed by atoms with E-state index >= 15 is 0 Å². The van der Waals surface area contributed by atoms with E-state index in [1.54, 1.807) is 4.90 Å². The highest BCUT2D eigenvalue weighted by Crippen LogP contribution is 2.38. The average Bonchev–Trinajstić information content (AvgIpc) is 3.09. The Morgan fingerprint density at radius 1 is 1.12 bits per heavy atom. The van der Waals surface area contributed by atoms with Crippen molar-refractivity contribution in [2.75, 3.05) is 13.7 Å². The molecule has 2 saturated heterocycles. The van der Waals surface area contributed by atoms with Crippen LogP contribution in [0.5, 0.6) is 0 Å². The first-order valence-electron chi connectivity index (χ1n) is 8.55. The Hall–Kier alpha value is -2.63. The van der Waals surface area contributed by atoms with Crippen molar-refractivity contribution in [2.45, 2.75) is 24.9 Å². The van der Waals surface area contributed by atoms with Crippen LogP contribution in [0.2, 0.25) is 0 Å². The summed E-state index contributed by atoms with van der Waals surface area (Å²) in [5.74, 6) is -1.25. The lowest BCUT2D eigenvalue weighted by Gasteiger charge is -2.35. The van der Waals surface area contributed by atoms with E-state index in [0.29, 0.717) is 19.4 Å². The van der Waals surface area contributed by atoms with Crippen LogP contribution >= 0.6 is 0 Å². The molecule has 1 aromatic carbocycles. The summed E-state index contributed by atoms with van der Waals surface area (Å²) in [6, 6.07) is 9.33. The summed E-state index contributed by atoms with van der Waals surface area (Å²) in [4.78, 5) is 40.1. The summed E-state index contributed by atoms with van der Waals surface area (Å²) in [7, 11) is 1.52. The summed E-state index contributed by atoms with van der Waals surface area (Å²) in [6.45, 7) is 0.299. The maximum absolute atomic E-state index is 12.6. The molecule has 0 spiro atoms. The third-order valence-corrected chi connectivity index (χ3v) is 5.43. The number of fused-ring (bicyclic) bond motifs is 1. The average molecular weight is 340 g/mol. The minimum absolute atomic E-state index is 0.142. The van der Waals surface area contributed by atoms with Crippen molar-refractivity contribution < 1.29 is 19.1 Å². The van der Waals surface area contributed by atoms with Gasteiger partial charge in [-0.2, -0.15) is 0 Å². The fraction of sp³-hybridized carbons (Fsp3) is 0.421. The van der Waals surface area contributed by atoms with E-state index in [1.807, 2.05) is 42.5 Å². The van der Waals surface area contributed by atoms with Gasteiger partial charge in [-0.25, -0.2) is 4.79 Å². The number of benzene rings is 1. The first-order chi connectivity index (χ1) is 12.1. The molecule has 6 nitrogen and oxygen atoms in total. The van der Waals surface area contributed by atoms with Crippen molar-refractivity contribution in [3.8, 4) is 0 Å². The maximum Gasteiger partial charge on any atom is 0.410 e. The molecule has 0 radical (unpaired) electrons. The van der Waals surface area contributed by atoms with Crippen LogP contribution in [0.4, 0.5) is 4.79 Å². The van der Waals surface area contributed by atoms with E-state index in [-0.39, 0.29) is 23.8 Å². The monoisotopic (exact) mass is 340 g/mol. The molecular weight excluding hydrogens is 320 g/mol. The number of rotatable bonds is 3. The Morgan fingerprint density at radius 2 is 1.88 bits per heavy atom. The second kappa shape index (κ2) is 6.02. The Bertz CT molecular complexity index is 745. The van der Waals surface area contributed by atoms with Crippen LogP contribution in [0.15, 0.2) is 42.5 Å². The Morgan fingerprint density at radius 3 is 2.64 bits per heavy atom.